The summed E-state index contributed by atoms with van der Waals surface area (Å²) < 4.78 is 13.2. The average molecular weight is 392 g/mol. The summed E-state index contributed by atoms with van der Waals surface area (Å²) in [5.41, 5.74) is 4.44. The summed E-state index contributed by atoms with van der Waals surface area (Å²) in [4.78, 5) is 21.3. The number of carbonyl (C=O) groups is 1. The SMILES string of the molecule is CCNC(=NCCc1ccc(F)cc1C)NCCNC(=O)c1scnc1C. The van der Waals surface area contributed by atoms with E-state index in [2.05, 4.69) is 25.9 Å². The predicted octanol–water partition coefficient (Wildman–Crippen LogP) is 2.43. The van der Waals surface area contributed by atoms with Crippen molar-refractivity contribution in [3.63, 3.8) is 0 Å². The van der Waals surface area contributed by atoms with E-state index >= 15 is 0 Å². The molecule has 0 spiro atoms. The third kappa shape index (κ3) is 6.63. The van der Waals surface area contributed by atoms with Crippen LogP contribution in [0.25, 0.3) is 0 Å². The monoisotopic (exact) mass is 391 g/mol. The Labute approximate surface area is 163 Å². The molecule has 0 aliphatic rings. The number of hydrogen-bond donors (Lipinski definition) is 3. The van der Waals surface area contributed by atoms with E-state index in [1.165, 1.54) is 23.5 Å². The molecule has 0 saturated carbocycles. The van der Waals surface area contributed by atoms with Gasteiger partial charge in [0.2, 0.25) is 0 Å². The van der Waals surface area contributed by atoms with Crippen molar-refractivity contribution in [2.24, 2.45) is 4.99 Å². The summed E-state index contributed by atoms with van der Waals surface area (Å²) in [5.74, 6) is 0.372. The lowest BCUT2D eigenvalue weighted by molar-refractivity contribution is 0.0957. The molecule has 1 aromatic heterocycles. The molecule has 0 saturated heterocycles. The van der Waals surface area contributed by atoms with E-state index in [0.29, 0.717) is 30.5 Å². The zero-order valence-electron chi connectivity index (χ0n) is 15.9. The normalized spacial score (nSPS) is 11.3. The second-order valence-corrected chi connectivity index (χ2v) is 6.89. The number of aliphatic imine (C=N–C) groups is 1. The Morgan fingerprint density at radius 3 is 2.67 bits per heavy atom. The van der Waals surface area contributed by atoms with Gasteiger partial charge in [0.15, 0.2) is 5.96 Å². The Morgan fingerprint density at radius 2 is 2.00 bits per heavy atom. The largest absolute Gasteiger partial charge is 0.357 e. The molecule has 0 fully saturated rings. The van der Waals surface area contributed by atoms with Gasteiger partial charge in [-0.1, -0.05) is 6.07 Å². The first-order chi connectivity index (χ1) is 13.0. The maximum absolute atomic E-state index is 13.2. The molecule has 1 amide bonds. The zero-order valence-corrected chi connectivity index (χ0v) is 16.8. The Bertz CT molecular complexity index is 790. The van der Waals surface area contributed by atoms with Crippen molar-refractivity contribution in [1.82, 2.24) is 20.9 Å². The standard InChI is InChI=1S/C19H26FN5OS/c1-4-21-19(23-8-7-15-5-6-16(20)11-13(15)2)24-10-9-22-18(26)17-14(3)25-12-27-17/h5-6,11-12H,4,7-10H2,1-3H3,(H,22,26)(H2,21,23,24). The molecule has 146 valence electrons. The Kier molecular flexibility index (Phi) is 8.19. The molecule has 2 aromatic rings. The van der Waals surface area contributed by atoms with Gasteiger partial charge < -0.3 is 16.0 Å². The molecule has 6 nitrogen and oxygen atoms in total. The molecule has 0 bridgehead atoms. The molecule has 3 N–H and O–H groups in total. The van der Waals surface area contributed by atoms with Crippen LogP contribution in [0.15, 0.2) is 28.7 Å². The number of hydrogen-bond acceptors (Lipinski definition) is 4. The molecule has 0 aliphatic heterocycles. The number of aromatic nitrogens is 1. The Morgan fingerprint density at radius 1 is 1.22 bits per heavy atom. The zero-order chi connectivity index (χ0) is 19.6. The number of carbonyl (C=O) groups excluding carboxylic acids is 1. The molecule has 0 atom stereocenters. The van der Waals surface area contributed by atoms with Crippen LogP contribution in [0.4, 0.5) is 4.39 Å². The molecular weight excluding hydrogens is 365 g/mol. The van der Waals surface area contributed by atoms with Crippen molar-refractivity contribution in [2.45, 2.75) is 27.2 Å². The summed E-state index contributed by atoms with van der Waals surface area (Å²) in [6.45, 7) is 8.10. The fourth-order valence-electron chi connectivity index (χ4n) is 2.53. The molecule has 27 heavy (non-hydrogen) atoms. The first kappa shape index (κ1) is 20.8. The van der Waals surface area contributed by atoms with E-state index in [4.69, 9.17) is 0 Å². The van der Waals surface area contributed by atoms with Crippen LogP contribution in [-0.2, 0) is 6.42 Å². The van der Waals surface area contributed by atoms with Gasteiger partial charge in [0.05, 0.1) is 11.2 Å². The lowest BCUT2D eigenvalue weighted by Gasteiger charge is -2.12. The number of nitrogens with zero attached hydrogens (tertiary/aromatic N) is 2. The van der Waals surface area contributed by atoms with E-state index in [-0.39, 0.29) is 11.7 Å². The van der Waals surface area contributed by atoms with Gasteiger partial charge in [-0.25, -0.2) is 9.37 Å². The highest BCUT2D eigenvalue weighted by Crippen LogP contribution is 2.11. The minimum atomic E-state index is -0.217. The van der Waals surface area contributed by atoms with Crippen molar-refractivity contribution >= 4 is 23.2 Å². The second-order valence-electron chi connectivity index (χ2n) is 6.03. The summed E-state index contributed by atoms with van der Waals surface area (Å²) in [5, 5.41) is 9.24. The van der Waals surface area contributed by atoms with E-state index in [9.17, 15) is 9.18 Å². The van der Waals surface area contributed by atoms with Crippen molar-refractivity contribution in [3.8, 4) is 0 Å². The number of aryl methyl sites for hydroxylation is 2. The molecule has 1 aromatic carbocycles. The number of guanidine groups is 1. The molecule has 2 rings (SSSR count). The maximum atomic E-state index is 13.2. The number of rotatable bonds is 8. The van der Waals surface area contributed by atoms with Crippen molar-refractivity contribution < 1.29 is 9.18 Å². The Balaban J connectivity index is 1.77. The summed E-state index contributed by atoms with van der Waals surface area (Å²) in [7, 11) is 0. The fourth-order valence-corrected chi connectivity index (χ4v) is 3.25. The van der Waals surface area contributed by atoms with Gasteiger partial charge in [-0.05, 0) is 50.5 Å². The van der Waals surface area contributed by atoms with Crippen LogP contribution in [0.5, 0.6) is 0 Å². The summed E-state index contributed by atoms with van der Waals surface area (Å²) in [6, 6.07) is 4.82. The highest BCUT2D eigenvalue weighted by molar-refractivity contribution is 7.11. The lowest BCUT2D eigenvalue weighted by atomic mass is 10.1. The summed E-state index contributed by atoms with van der Waals surface area (Å²) in [6.07, 6.45) is 0.740. The maximum Gasteiger partial charge on any atom is 0.263 e. The molecular formula is C19H26FN5OS. The second kappa shape index (κ2) is 10.6. The van der Waals surface area contributed by atoms with Gasteiger partial charge in [0.25, 0.3) is 5.91 Å². The number of benzene rings is 1. The third-order valence-electron chi connectivity index (χ3n) is 3.95. The van der Waals surface area contributed by atoms with E-state index in [1.54, 1.807) is 11.6 Å². The van der Waals surface area contributed by atoms with Crippen LogP contribution in [0, 0.1) is 19.7 Å². The number of halogens is 1. The van der Waals surface area contributed by atoms with Gasteiger partial charge in [0.1, 0.15) is 10.7 Å². The third-order valence-corrected chi connectivity index (χ3v) is 4.88. The highest BCUT2D eigenvalue weighted by Gasteiger charge is 2.10. The van der Waals surface area contributed by atoms with Gasteiger partial charge in [-0.3, -0.25) is 9.79 Å². The van der Waals surface area contributed by atoms with E-state index in [1.807, 2.05) is 20.8 Å². The molecule has 0 radical (unpaired) electrons. The van der Waals surface area contributed by atoms with Gasteiger partial charge in [0, 0.05) is 26.2 Å². The van der Waals surface area contributed by atoms with Crippen LogP contribution in [-0.4, -0.2) is 43.0 Å². The van der Waals surface area contributed by atoms with Crippen LogP contribution < -0.4 is 16.0 Å². The molecule has 1 heterocycles. The van der Waals surface area contributed by atoms with Crippen LogP contribution in [0.3, 0.4) is 0 Å². The van der Waals surface area contributed by atoms with E-state index in [0.717, 1.165) is 29.8 Å². The van der Waals surface area contributed by atoms with Gasteiger partial charge >= 0.3 is 0 Å². The minimum Gasteiger partial charge on any atom is -0.357 e. The smallest absolute Gasteiger partial charge is 0.263 e. The van der Waals surface area contributed by atoms with Crippen LogP contribution in [0.2, 0.25) is 0 Å². The number of amides is 1. The first-order valence-electron chi connectivity index (χ1n) is 8.96. The van der Waals surface area contributed by atoms with Crippen molar-refractivity contribution in [2.75, 3.05) is 26.2 Å². The highest BCUT2D eigenvalue weighted by atomic mass is 32.1. The van der Waals surface area contributed by atoms with Crippen LogP contribution in [0.1, 0.15) is 33.4 Å². The van der Waals surface area contributed by atoms with Crippen LogP contribution >= 0.6 is 11.3 Å². The topological polar surface area (TPSA) is 78.4 Å². The quantitative estimate of drug-likeness (QED) is 0.367. The van der Waals surface area contributed by atoms with Gasteiger partial charge in [-0.2, -0.15) is 0 Å². The molecule has 0 aliphatic carbocycles. The predicted molar refractivity (Wildman–Crippen MR) is 108 cm³/mol. The van der Waals surface area contributed by atoms with Gasteiger partial charge in [-0.15, -0.1) is 11.3 Å². The molecule has 0 unspecified atom stereocenters. The molecule has 8 heteroatoms. The van der Waals surface area contributed by atoms with E-state index < -0.39 is 0 Å². The first-order valence-corrected chi connectivity index (χ1v) is 9.84. The fraction of sp³-hybridized carbons (Fsp3) is 0.421. The summed E-state index contributed by atoms with van der Waals surface area (Å²) >= 11 is 1.34. The number of nitrogens with one attached hydrogen (secondary N) is 3. The Hall–Kier alpha value is -2.48. The number of thiazole rings is 1. The van der Waals surface area contributed by atoms with Crippen molar-refractivity contribution in [3.05, 3.63) is 51.2 Å². The average Bonchev–Trinajstić information content (AvgIpc) is 3.06. The minimum absolute atomic E-state index is 0.106. The van der Waals surface area contributed by atoms with Crippen molar-refractivity contribution in [1.29, 1.82) is 0 Å². The lowest BCUT2D eigenvalue weighted by Crippen LogP contribution is -2.41.